The van der Waals surface area contributed by atoms with Crippen LogP contribution in [0.5, 0.6) is 0 Å². The van der Waals surface area contributed by atoms with Gasteiger partial charge in [-0.2, -0.15) is 13.2 Å². The molecule has 0 aromatic heterocycles. The van der Waals surface area contributed by atoms with E-state index in [9.17, 15) is 27.6 Å². The zero-order chi connectivity index (χ0) is 32.3. The maximum atomic E-state index is 14.0. The van der Waals surface area contributed by atoms with Crippen LogP contribution >= 0.6 is 0 Å². The Bertz CT molecular complexity index is 1440. The summed E-state index contributed by atoms with van der Waals surface area (Å²) < 4.78 is 66.1. The molecule has 0 spiro atoms. The van der Waals surface area contributed by atoms with Crippen LogP contribution in [0.4, 0.5) is 13.2 Å². The number of rotatable bonds is 7. The molecule has 2 aliphatic heterocycles. The standard InChI is InChI=1S/C29H34B2F3NO8/c1-25(2)26(3,4)41-30(40-25)20-11-16(9-18(13-20)24(39)35-15-22(36)37)23(38)17-10-19(29(32,33)34)14-21(12-17)31-42-27(5,6)28(7,8)43-31/h9-14H,15H2,1-8H3,(H,35,39)(H,36,37). The Hall–Kier alpha value is -3.19. The van der Waals surface area contributed by atoms with Gasteiger partial charge in [-0.3, -0.25) is 14.4 Å². The molecule has 0 aliphatic carbocycles. The molecule has 2 fully saturated rings. The van der Waals surface area contributed by atoms with Crippen LogP contribution in [0.25, 0.3) is 0 Å². The number of benzene rings is 2. The van der Waals surface area contributed by atoms with E-state index in [4.69, 9.17) is 23.7 Å². The van der Waals surface area contributed by atoms with Crippen LogP contribution in [-0.2, 0) is 29.6 Å². The van der Waals surface area contributed by atoms with E-state index in [1.807, 2.05) is 27.7 Å². The Morgan fingerprint density at radius 1 is 0.698 bits per heavy atom. The quantitative estimate of drug-likeness (QED) is 0.366. The molecular formula is C29H34B2F3NO8. The number of hydrogen-bond donors (Lipinski definition) is 2. The predicted octanol–water partition coefficient (Wildman–Crippen LogP) is 3.35. The minimum absolute atomic E-state index is 0.00152. The monoisotopic (exact) mass is 603 g/mol. The highest BCUT2D eigenvalue weighted by atomic mass is 19.4. The summed E-state index contributed by atoms with van der Waals surface area (Å²) in [6.07, 6.45) is -4.79. The highest BCUT2D eigenvalue weighted by molar-refractivity contribution is 6.63. The second-order valence-corrected chi connectivity index (χ2v) is 12.8. The second-order valence-electron chi connectivity index (χ2n) is 12.8. The van der Waals surface area contributed by atoms with Gasteiger partial charge in [0.1, 0.15) is 6.54 Å². The molecule has 1 amide bonds. The summed E-state index contributed by atoms with van der Waals surface area (Å²) in [6, 6.07) is 6.83. The van der Waals surface area contributed by atoms with E-state index in [0.717, 1.165) is 12.1 Å². The van der Waals surface area contributed by atoms with E-state index in [2.05, 4.69) is 5.32 Å². The summed E-state index contributed by atoms with van der Waals surface area (Å²) in [5.74, 6) is -2.92. The van der Waals surface area contributed by atoms with Gasteiger partial charge in [-0.05, 0) is 84.5 Å². The SMILES string of the molecule is CC1(C)OB(c2cc(C(=O)NCC(=O)O)cc(C(=O)c3cc(B4OC(C)(C)C(C)(C)O4)cc(C(F)(F)F)c3)c2)OC1(C)C. The third-order valence-corrected chi connectivity index (χ3v) is 8.48. The van der Waals surface area contributed by atoms with Crippen LogP contribution in [0.15, 0.2) is 36.4 Å². The zero-order valence-electron chi connectivity index (χ0n) is 25.3. The fourth-order valence-corrected chi connectivity index (χ4v) is 4.52. The Morgan fingerprint density at radius 2 is 1.09 bits per heavy atom. The van der Waals surface area contributed by atoms with Crippen molar-refractivity contribution in [3.8, 4) is 0 Å². The number of carbonyl (C=O) groups excluding carboxylic acids is 2. The van der Waals surface area contributed by atoms with Crippen molar-refractivity contribution in [2.24, 2.45) is 0 Å². The number of ketones is 1. The first-order chi connectivity index (χ1) is 19.5. The fraction of sp³-hybridized carbons (Fsp3) is 0.483. The molecule has 0 saturated carbocycles. The number of carboxylic acid groups (broad SMARTS) is 1. The topological polar surface area (TPSA) is 120 Å². The Morgan fingerprint density at radius 3 is 1.51 bits per heavy atom. The lowest BCUT2D eigenvalue weighted by Crippen LogP contribution is -2.41. The molecule has 9 nitrogen and oxygen atoms in total. The molecule has 0 bridgehead atoms. The maximum absolute atomic E-state index is 14.0. The van der Waals surface area contributed by atoms with E-state index in [0.29, 0.717) is 0 Å². The Labute approximate surface area is 248 Å². The molecule has 2 aliphatic rings. The summed E-state index contributed by atoms with van der Waals surface area (Å²) in [7, 11) is -2.20. The predicted molar refractivity (Wildman–Crippen MR) is 153 cm³/mol. The smallest absolute Gasteiger partial charge is 0.480 e. The Balaban J connectivity index is 1.81. The van der Waals surface area contributed by atoms with E-state index >= 15 is 0 Å². The maximum Gasteiger partial charge on any atom is 0.494 e. The van der Waals surface area contributed by atoms with Gasteiger partial charge in [0.2, 0.25) is 0 Å². The van der Waals surface area contributed by atoms with Gasteiger partial charge in [-0.1, -0.05) is 18.2 Å². The number of alkyl halides is 3. The molecule has 0 unspecified atom stereocenters. The highest BCUT2D eigenvalue weighted by Crippen LogP contribution is 2.38. The van der Waals surface area contributed by atoms with Crippen LogP contribution in [-0.4, -0.2) is 66.0 Å². The molecule has 43 heavy (non-hydrogen) atoms. The third-order valence-electron chi connectivity index (χ3n) is 8.48. The number of carboxylic acids is 1. The van der Waals surface area contributed by atoms with Crippen molar-refractivity contribution in [2.75, 3.05) is 6.54 Å². The number of hydrogen-bond acceptors (Lipinski definition) is 7. The van der Waals surface area contributed by atoms with Gasteiger partial charge in [0.15, 0.2) is 5.78 Å². The molecule has 2 saturated heterocycles. The fourth-order valence-electron chi connectivity index (χ4n) is 4.52. The lowest BCUT2D eigenvalue weighted by atomic mass is 9.75. The number of halogens is 3. The van der Waals surface area contributed by atoms with E-state index in [-0.39, 0.29) is 27.6 Å². The first-order valence-corrected chi connectivity index (χ1v) is 13.7. The van der Waals surface area contributed by atoms with Gasteiger partial charge in [0.05, 0.1) is 28.0 Å². The molecule has 2 N–H and O–H groups in total. The number of carbonyl (C=O) groups is 3. The average Bonchev–Trinajstić information content (AvgIpc) is 3.25. The molecule has 0 radical (unpaired) electrons. The molecule has 2 aromatic rings. The molecule has 4 rings (SSSR count). The van der Waals surface area contributed by atoms with Gasteiger partial charge < -0.3 is 29.0 Å². The van der Waals surface area contributed by atoms with Crippen LogP contribution in [0, 0.1) is 0 Å². The third kappa shape index (κ3) is 6.52. The first-order valence-electron chi connectivity index (χ1n) is 13.7. The van der Waals surface area contributed by atoms with Gasteiger partial charge >= 0.3 is 26.4 Å². The Kier molecular flexibility index (Phi) is 8.19. The minimum Gasteiger partial charge on any atom is -0.480 e. The molecule has 14 heteroatoms. The van der Waals surface area contributed by atoms with Crippen molar-refractivity contribution in [3.63, 3.8) is 0 Å². The number of amides is 1. The van der Waals surface area contributed by atoms with Crippen molar-refractivity contribution in [1.29, 1.82) is 0 Å². The minimum atomic E-state index is -4.79. The molecule has 230 valence electrons. The van der Waals surface area contributed by atoms with Crippen LogP contribution in [0.2, 0.25) is 0 Å². The molecule has 0 atom stereocenters. The highest BCUT2D eigenvalue weighted by Gasteiger charge is 2.53. The second kappa shape index (κ2) is 10.8. The summed E-state index contributed by atoms with van der Waals surface area (Å²) in [5, 5.41) is 11.2. The lowest BCUT2D eigenvalue weighted by molar-refractivity contribution is -0.137. The van der Waals surface area contributed by atoms with Crippen molar-refractivity contribution in [1.82, 2.24) is 5.32 Å². The van der Waals surface area contributed by atoms with Crippen molar-refractivity contribution in [2.45, 2.75) is 84.0 Å². The van der Waals surface area contributed by atoms with E-state index in [1.54, 1.807) is 27.7 Å². The van der Waals surface area contributed by atoms with Gasteiger partial charge in [-0.25, -0.2) is 0 Å². The summed E-state index contributed by atoms with van der Waals surface area (Å²) in [4.78, 5) is 37.7. The number of aliphatic carboxylic acids is 1. The van der Waals surface area contributed by atoms with Crippen molar-refractivity contribution >= 4 is 42.8 Å². The zero-order valence-corrected chi connectivity index (χ0v) is 25.3. The average molecular weight is 603 g/mol. The van der Waals surface area contributed by atoms with Crippen molar-refractivity contribution < 1.29 is 51.3 Å². The van der Waals surface area contributed by atoms with E-state index in [1.165, 1.54) is 24.3 Å². The van der Waals surface area contributed by atoms with Gasteiger partial charge in [0.25, 0.3) is 5.91 Å². The van der Waals surface area contributed by atoms with Crippen LogP contribution in [0.3, 0.4) is 0 Å². The first kappa shape index (κ1) is 32.7. The molecular weight excluding hydrogens is 569 g/mol. The molecule has 2 aromatic carbocycles. The summed E-state index contributed by atoms with van der Waals surface area (Å²) in [5.41, 5.74) is -4.61. The normalized spacial score (nSPS) is 20.3. The number of nitrogens with one attached hydrogen (secondary N) is 1. The van der Waals surface area contributed by atoms with Gasteiger partial charge in [0, 0.05) is 16.7 Å². The van der Waals surface area contributed by atoms with Crippen LogP contribution < -0.4 is 16.2 Å². The summed E-state index contributed by atoms with van der Waals surface area (Å²) in [6.45, 7) is 13.6. The van der Waals surface area contributed by atoms with Crippen molar-refractivity contribution in [3.05, 3.63) is 58.7 Å². The van der Waals surface area contributed by atoms with E-state index < -0.39 is 72.6 Å². The summed E-state index contributed by atoms with van der Waals surface area (Å²) >= 11 is 0. The largest absolute Gasteiger partial charge is 0.494 e. The van der Waals surface area contributed by atoms with Crippen LogP contribution in [0.1, 0.15) is 87.2 Å². The molecule has 2 heterocycles. The van der Waals surface area contributed by atoms with Gasteiger partial charge in [-0.15, -0.1) is 0 Å². The lowest BCUT2D eigenvalue weighted by Gasteiger charge is -2.32.